The number of piperidine rings is 1. The number of benzene rings is 1. The fourth-order valence-corrected chi connectivity index (χ4v) is 3.08. The van der Waals surface area contributed by atoms with Gasteiger partial charge in [0.25, 0.3) is 0 Å². The zero-order valence-corrected chi connectivity index (χ0v) is 19.5. The standard InChI is InChI=1S/C20H33N5O2.HI/c1-16-9-13-25(14-10-16)12-4-11-22-19(21-2)23-15-17-5-7-18(8-6-17)24-20(26)27-3;/h5-8,16H,4,9-15H2,1-3H3,(H,24,26)(H2,21,22,23);1H. The van der Waals surface area contributed by atoms with E-state index in [2.05, 4.69) is 37.5 Å². The fraction of sp³-hybridized carbons (Fsp3) is 0.600. The number of nitrogens with zero attached hydrogens (tertiary/aromatic N) is 2. The molecule has 1 fully saturated rings. The van der Waals surface area contributed by atoms with Crippen LogP contribution in [0.2, 0.25) is 0 Å². The smallest absolute Gasteiger partial charge is 0.411 e. The summed E-state index contributed by atoms with van der Waals surface area (Å²) in [5.74, 6) is 1.69. The molecule has 0 aliphatic carbocycles. The summed E-state index contributed by atoms with van der Waals surface area (Å²) in [6, 6.07) is 7.62. The molecule has 8 heteroatoms. The molecule has 28 heavy (non-hydrogen) atoms. The van der Waals surface area contributed by atoms with Crippen LogP contribution in [-0.4, -0.2) is 57.3 Å². The van der Waals surface area contributed by atoms with Gasteiger partial charge in [-0.15, -0.1) is 24.0 Å². The molecule has 1 aliphatic rings. The van der Waals surface area contributed by atoms with E-state index >= 15 is 0 Å². The molecule has 1 aliphatic heterocycles. The van der Waals surface area contributed by atoms with E-state index in [0.29, 0.717) is 12.2 Å². The third-order valence-corrected chi connectivity index (χ3v) is 4.89. The number of guanidine groups is 1. The number of methoxy groups -OCH3 is 1. The van der Waals surface area contributed by atoms with Gasteiger partial charge < -0.3 is 20.3 Å². The van der Waals surface area contributed by atoms with Crippen LogP contribution in [0, 0.1) is 5.92 Å². The molecular formula is C20H34IN5O2. The van der Waals surface area contributed by atoms with E-state index < -0.39 is 6.09 Å². The van der Waals surface area contributed by atoms with Crippen molar-refractivity contribution in [2.45, 2.75) is 32.7 Å². The van der Waals surface area contributed by atoms with Crippen molar-refractivity contribution in [3.63, 3.8) is 0 Å². The second-order valence-electron chi connectivity index (χ2n) is 7.04. The number of rotatable bonds is 7. The van der Waals surface area contributed by atoms with Gasteiger partial charge in [-0.25, -0.2) is 4.79 Å². The van der Waals surface area contributed by atoms with Crippen molar-refractivity contribution < 1.29 is 9.53 Å². The van der Waals surface area contributed by atoms with Crippen LogP contribution < -0.4 is 16.0 Å². The quantitative estimate of drug-likeness (QED) is 0.231. The Morgan fingerprint density at radius 2 is 1.89 bits per heavy atom. The first kappa shape index (κ1) is 24.5. The van der Waals surface area contributed by atoms with Gasteiger partial charge in [-0.3, -0.25) is 10.3 Å². The van der Waals surface area contributed by atoms with E-state index in [1.54, 1.807) is 7.05 Å². The summed E-state index contributed by atoms with van der Waals surface area (Å²) in [5.41, 5.74) is 1.82. The number of halogens is 1. The van der Waals surface area contributed by atoms with E-state index in [4.69, 9.17) is 0 Å². The monoisotopic (exact) mass is 503 g/mol. The van der Waals surface area contributed by atoms with Crippen molar-refractivity contribution in [1.82, 2.24) is 15.5 Å². The minimum absolute atomic E-state index is 0. The predicted octanol–water partition coefficient (Wildman–Crippen LogP) is 3.27. The lowest BCUT2D eigenvalue weighted by Crippen LogP contribution is -2.39. The number of amides is 1. The largest absolute Gasteiger partial charge is 0.453 e. The first-order chi connectivity index (χ1) is 13.1. The van der Waals surface area contributed by atoms with Crippen LogP contribution in [0.15, 0.2) is 29.3 Å². The van der Waals surface area contributed by atoms with Crippen molar-refractivity contribution in [1.29, 1.82) is 0 Å². The Kier molecular flexibility index (Phi) is 11.9. The van der Waals surface area contributed by atoms with Gasteiger partial charge in [-0.2, -0.15) is 0 Å². The summed E-state index contributed by atoms with van der Waals surface area (Å²) in [6.45, 7) is 7.53. The average Bonchev–Trinajstić information content (AvgIpc) is 2.69. The van der Waals surface area contributed by atoms with Gasteiger partial charge in [0.15, 0.2) is 5.96 Å². The van der Waals surface area contributed by atoms with Gasteiger partial charge in [0.2, 0.25) is 0 Å². The Balaban J connectivity index is 0.00000392. The maximum atomic E-state index is 11.2. The number of aliphatic imine (C=N–C) groups is 1. The highest BCUT2D eigenvalue weighted by Crippen LogP contribution is 2.15. The molecule has 1 aromatic carbocycles. The van der Waals surface area contributed by atoms with Crippen LogP contribution in [0.25, 0.3) is 0 Å². The summed E-state index contributed by atoms with van der Waals surface area (Å²) < 4.78 is 4.58. The zero-order chi connectivity index (χ0) is 19.5. The molecule has 0 atom stereocenters. The van der Waals surface area contributed by atoms with Crippen LogP contribution in [0.3, 0.4) is 0 Å². The van der Waals surface area contributed by atoms with E-state index in [-0.39, 0.29) is 24.0 Å². The summed E-state index contributed by atoms with van der Waals surface area (Å²) in [5, 5.41) is 9.32. The number of nitrogens with one attached hydrogen (secondary N) is 3. The number of carbonyl (C=O) groups is 1. The topological polar surface area (TPSA) is 78.0 Å². The summed E-state index contributed by atoms with van der Waals surface area (Å²) in [6.07, 6.45) is 3.29. The van der Waals surface area contributed by atoms with Crippen molar-refractivity contribution in [3.8, 4) is 0 Å². The number of ether oxygens (including phenoxy) is 1. The fourth-order valence-electron chi connectivity index (χ4n) is 3.08. The van der Waals surface area contributed by atoms with E-state index in [0.717, 1.165) is 37.0 Å². The van der Waals surface area contributed by atoms with E-state index in [1.807, 2.05) is 24.3 Å². The second kappa shape index (κ2) is 13.6. The van der Waals surface area contributed by atoms with E-state index in [9.17, 15) is 4.79 Å². The Bertz CT molecular complexity index is 601. The van der Waals surface area contributed by atoms with E-state index in [1.165, 1.54) is 33.0 Å². The van der Waals surface area contributed by atoms with Crippen molar-refractivity contribution in [2.75, 3.05) is 45.7 Å². The number of carbonyl (C=O) groups excluding carboxylic acids is 1. The molecule has 0 spiro atoms. The highest BCUT2D eigenvalue weighted by molar-refractivity contribution is 14.0. The molecule has 1 aromatic rings. The normalized spacial score (nSPS) is 15.5. The molecule has 0 unspecified atom stereocenters. The highest BCUT2D eigenvalue weighted by atomic mass is 127. The van der Waals surface area contributed by atoms with Gasteiger partial charge >= 0.3 is 6.09 Å². The molecule has 3 N–H and O–H groups in total. The third kappa shape index (κ3) is 9.09. The first-order valence-corrected chi connectivity index (χ1v) is 9.71. The van der Waals surface area contributed by atoms with Gasteiger partial charge in [0.05, 0.1) is 7.11 Å². The van der Waals surface area contributed by atoms with Crippen LogP contribution in [0.4, 0.5) is 10.5 Å². The van der Waals surface area contributed by atoms with Gasteiger partial charge in [-0.1, -0.05) is 19.1 Å². The number of likely N-dealkylation sites (tertiary alicyclic amines) is 1. The number of hydrogen-bond donors (Lipinski definition) is 3. The molecule has 1 amide bonds. The molecule has 158 valence electrons. The maximum absolute atomic E-state index is 11.2. The summed E-state index contributed by atoms with van der Waals surface area (Å²) >= 11 is 0. The molecule has 7 nitrogen and oxygen atoms in total. The molecule has 1 saturated heterocycles. The summed E-state index contributed by atoms with van der Waals surface area (Å²) in [7, 11) is 3.13. The third-order valence-electron chi connectivity index (χ3n) is 4.89. The molecule has 0 saturated carbocycles. The Morgan fingerprint density at radius 3 is 2.50 bits per heavy atom. The van der Waals surface area contributed by atoms with Crippen LogP contribution in [0.5, 0.6) is 0 Å². The molecule has 0 bridgehead atoms. The minimum Gasteiger partial charge on any atom is -0.453 e. The number of anilines is 1. The van der Waals surface area contributed by atoms with Crippen LogP contribution >= 0.6 is 24.0 Å². The average molecular weight is 503 g/mol. The zero-order valence-electron chi connectivity index (χ0n) is 17.2. The van der Waals surface area contributed by atoms with Crippen LogP contribution in [-0.2, 0) is 11.3 Å². The Labute approximate surface area is 185 Å². The Hall–Kier alpha value is -1.55. The lowest BCUT2D eigenvalue weighted by Gasteiger charge is -2.30. The van der Waals surface area contributed by atoms with Crippen LogP contribution in [0.1, 0.15) is 31.7 Å². The molecule has 2 rings (SSSR count). The predicted molar refractivity (Wildman–Crippen MR) is 126 cm³/mol. The van der Waals surface area contributed by atoms with Gasteiger partial charge in [0.1, 0.15) is 0 Å². The maximum Gasteiger partial charge on any atom is 0.411 e. The molecule has 0 aromatic heterocycles. The highest BCUT2D eigenvalue weighted by Gasteiger charge is 2.14. The second-order valence-corrected chi connectivity index (χ2v) is 7.04. The molecule has 0 radical (unpaired) electrons. The first-order valence-electron chi connectivity index (χ1n) is 9.71. The lowest BCUT2D eigenvalue weighted by molar-refractivity contribution is 0.187. The lowest BCUT2D eigenvalue weighted by atomic mass is 9.99. The van der Waals surface area contributed by atoms with Gasteiger partial charge in [0, 0.05) is 25.8 Å². The van der Waals surface area contributed by atoms with Gasteiger partial charge in [-0.05, 0) is 62.5 Å². The Morgan fingerprint density at radius 1 is 1.21 bits per heavy atom. The molecular weight excluding hydrogens is 469 g/mol. The van der Waals surface area contributed by atoms with Crippen molar-refractivity contribution in [3.05, 3.63) is 29.8 Å². The number of hydrogen-bond acceptors (Lipinski definition) is 4. The SMILES string of the molecule is CN=C(NCCCN1CCC(C)CC1)NCc1ccc(NC(=O)OC)cc1.I. The summed E-state index contributed by atoms with van der Waals surface area (Å²) in [4.78, 5) is 18.0. The minimum atomic E-state index is -0.468. The van der Waals surface area contributed by atoms with Crippen molar-refractivity contribution in [2.24, 2.45) is 10.9 Å². The van der Waals surface area contributed by atoms with Crippen molar-refractivity contribution >= 4 is 41.7 Å². The molecule has 1 heterocycles.